The Morgan fingerprint density at radius 2 is 1.82 bits per heavy atom. The van der Waals surface area contributed by atoms with E-state index in [9.17, 15) is 15.0 Å². The molecule has 3 rings (SSSR count). The van der Waals surface area contributed by atoms with E-state index in [0.717, 1.165) is 12.8 Å². The van der Waals surface area contributed by atoms with Crippen LogP contribution in [0.2, 0.25) is 10.2 Å². The minimum absolute atomic E-state index is 0.142. The highest BCUT2D eigenvalue weighted by molar-refractivity contribution is 6.41. The Morgan fingerprint density at radius 3 is 2.41 bits per heavy atom. The van der Waals surface area contributed by atoms with Crippen LogP contribution in [0.1, 0.15) is 42.6 Å². The summed E-state index contributed by atoms with van der Waals surface area (Å²) in [7, 11) is 1.68. The standard InChI is InChI=1S/C15H20Cl2N2O3/c1-18-11(8-10(16)12(18)17)13(20)19-7-6-14(21)4-2-3-5-15(14,22)9-19/h8,21-22H,2-7,9H2,1H3/t14-,15+/m0/s1. The van der Waals surface area contributed by atoms with Gasteiger partial charge in [0.05, 0.1) is 17.2 Å². The number of β-amino-alcohol motifs (C(OH)–C–C–N with tert-alkyl or cyclic N) is 1. The number of fused-ring (bicyclic) bond motifs is 1. The highest BCUT2D eigenvalue weighted by Gasteiger charge is 2.54. The zero-order valence-corrected chi connectivity index (χ0v) is 14.0. The third-order valence-electron chi connectivity index (χ3n) is 5.17. The number of hydrogen-bond acceptors (Lipinski definition) is 3. The molecule has 2 aliphatic rings. The summed E-state index contributed by atoms with van der Waals surface area (Å²) >= 11 is 12.0. The molecule has 0 unspecified atom stereocenters. The number of halogens is 2. The Labute approximate surface area is 139 Å². The van der Waals surface area contributed by atoms with Gasteiger partial charge in [0.25, 0.3) is 5.91 Å². The fourth-order valence-corrected chi connectivity index (χ4v) is 4.06. The van der Waals surface area contributed by atoms with E-state index < -0.39 is 11.2 Å². The second-order valence-electron chi connectivity index (χ2n) is 6.47. The number of piperidine rings is 1. The van der Waals surface area contributed by atoms with E-state index in [4.69, 9.17) is 23.2 Å². The lowest BCUT2D eigenvalue weighted by molar-refractivity contribution is -0.203. The molecule has 122 valence electrons. The number of aliphatic hydroxyl groups is 2. The van der Waals surface area contributed by atoms with Crippen LogP contribution in [0.3, 0.4) is 0 Å². The van der Waals surface area contributed by atoms with E-state index in [1.807, 2.05) is 0 Å². The van der Waals surface area contributed by atoms with E-state index in [0.29, 0.717) is 41.7 Å². The molecule has 1 aromatic rings. The van der Waals surface area contributed by atoms with Gasteiger partial charge in [0.15, 0.2) is 0 Å². The van der Waals surface area contributed by atoms with Crippen molar-refractivity contribution in [2.45, 2.75) is 43.3 Å². The topological polar surface area (TPSA) is 65.7 Å². The van der Waals surface area contributed by atoms with Gasteiger partial charge < -0.3 is 19.7 Å². The molecule has 1 aliphatic heterocycles. The van der Waals surface area contributed by atoms with Crippen LogP contribution >= 0.6 is 23.2 Å². The molecule has 1 amide bonds. The minimum atomic E-state index is -1.22. The number of carbonyl (C=O) groups is 1. The summed E-state index contributed by atoms with van der Waals surface area (Å²) in [5.74, 6) is -0.225. The Kier molecular flexibility index (Phi) is 3.96. The zero-order chi connectivity index (χ0) is 16.1. The second kappa shape index (κ2) is 5.41. The molecule has 1 aliphatic carbocycles. The molecule has 2 atom stereocenters. The average molecular weight is 347 g/mol. The van der Waals surface area contributed by atoms with Crippen molar-refractivity contribution >= 4 is 29.1 Å². The first kappa shape index (κ1) is 16.1. The summed E-state index contributed by atoms with van der Waals surface area (Å²) in [6.07, 6.45) is 3.27. The number of carbonyl (C=O) groups excluding carboxylic acids is 1. The average Bonchev–Trinajstić information content (AvgIpc) is 2.74. The number of nitrogens with zero attached hydrogens (tertiary/aromatic N) is 2. The van der Waals surface area contributed by atoms with Gasteiger partial charge in [0.2, 0.25) is 0 Å². The Bertz CT molecular complexity index is 618. The molecule has 7 heteroatoms. The summed E-state index contributed by atoms with van der Waals surface area (Å²) in [6, 6.07) is 1.54. The van der Waals surface area contributed by atoms with Crippen LogP contribution in [0.15, 0.2) is 6.07 Å². The molecule has 1 aromatic heterocycles. The van der Waals surface area contributed by atoms with E-state index in [1.54, 1.807) is 11.9 Å². The number of amides is 1. The molecule has 1 saturated heterocycles. The van der Waals surface area contributed by atoms with Gasteiger partial charge >= 0.3 is 0 Å². The van der Waals surface area contributed by atoms with Crippen LogP contribution in [0.5, 0.6) is 0 Å². The number of hydrogen-bond donors (Lipinski definition) is 2. The molecule has 2 heterocycles. The molecule has 5 nitrogen and oxygen atoms in total. The fraction of sp³-hybridized carbons (Fsp3) is 0.667. The maximum atomic E-state index is 12.7. The van der Waals surface area contributed by atoms with Gasteiger partial charge in [-0.05, 0) is 25.3 Å². The molecule has 0 bridgehead atoms. The van der Waals surface area contributed by atoms with Crippen molar-refractivity contribution in [1.29, 1.82) is 0 Å². The lowest BCUT2D eigenvalue weighted by Gasteiger charge is -2.53. The molecule has 0 aromatic carbocycles. The smallest absolute Gasteiger partial charge is 0.270 e. The lowest BCUT2D eigenvalue weighted by atomic mass is 9.67. The Morgan fingerprint density at radius 1 is 1.18 bits per heavy atom. The molecule has 22 heavy (non-hydrogen) atoms. The number of aromatic nitrogens is 1. The van der Waals surface area contributed by atoms with Crippen molar-refractivity contribution in [1.82, 2.24) is 9.47 Å². The maximum absolute atomic E-state index is 12.7. The van der Waals surface area contributed by atoms with Crippen molar-refractivity contribution in [3.8, 4) is 0 Å². The summed E-state index contributed by atoms with van der Waals surface area (Å²) < 4.78 is 1.54. The number of rotatable bonds is 1. The summed E-state index contributed by atoms with van der Waals surface area (Å²) in [4.78, 5) is 14.3. The molecular weight excluding hydrogens is 327 g/mol. The Balaban J connectivity index is 1.85. The van der Waals surface area contributed by atoms with Crippen molar-refractivity contribution < 1.29 is 15.0 Å². The molecule has 1 saturated carbocycles. The highest BCUT2D eigenvalue weighted by atomic mass is 35.5. The van der Waals surface area contributed by atoms with Crippen LogP contribution in [0.4, 0.5) is 0 Å². The normalized spacial score (nSPS) is 32.0. The van der Waals surface area contributed by atoms with E-state index in [1.165, 1.54) is 10.6 Å². The van der Waals surface area contributed by atoms with Gasteiger partial charge in [-0.1, -0.05) is 36.0 Å². The minimum Gasteiger partial charge on any atom is -0.387 e. The third kappa shape index (κ3) is 2.35. The van der Waals surface area contributed by atoms with Crippen LogP contribution < -0.4 is 0 Å². The fourth-order valence-electron chi connectivity index (χ4n) is 3.68. The third-order valence-corrected chi connectivity index (χ3v) is 6.01. The molecule has 2 N–H and O–H groups in total. The first-order valence-corrected chi connectivity index (χ1v) is 8.28. The van der Waals surface area contributed by atoms with Crippen molar-refractivity contribution in [3.63, 3.8) is 0 Å². The second-order valence-corrected chi connectivity index (χ2v) is 7.24. The Hall–Kier alpha value is -0.750. The largest absolute Gasteiger partial charge is 0.387 e. The quantitative estimate of drug-likeness (QED) is 0.819. The van der Waals surface area contributed by atoms with Crippen molar-refractivity contribution in [3.05, 3.63) is 21.9 Å². The van der Waals surface area contributed by atoms with Crippen LogP contribution in [0, 0.1) is 0 Å². The predicted octanol–water partition coefficient (Wildman–Crippen LogP) is 2.21. The van der Waals surface area contributed by atoms with E-state index >= 15 is 0 Å². The van der Waals surface area contributed by atoms with Crippen LogP contribution in [0.25, 0.3) is 0 Å². The highest BCUT2D eigenvalue weighted by Crippen LogP contribution is 2.43. The van der Waals surface area contributed by atoms with Crippen molar-refractivity contribution in [2.24, 2.45) is 7.05 Å². The number of likely N-dealkylation sites (tertiary alicyclic amines) is 1. The van der Waals surface area contributed by atoms with E-state index in [-0.39, 0.29) is 12.5 Å². The predicted molar refractivity (Wildman–Crippen MR) is 84.3 cm³/mol. The molecular formula is C15H20Cl2N2O3. The van der Waals surface area contributed by atoms with Gasteiger partial charge in [-0.15, -0.1) is 0 Å². The van der Waals surface area contributed by atoms with Crippen LogP contribution in [-0.2, 0) is 7.05 Å². The summed E-state index contributed by atoms with van der Waals surface area (Å²) in [6.45, 7) is 0.556. The first-order valence-electron chi connectivity index (χ1n) is 7.52. The maximum Gasteiger partial charge on any atom is 0.270 e. The van der Waals surface area contributed by atoms with Gasteiger partial charge in [0, 0.05) is 13.6 Å². The van der Waals surface area contributed by atoms with Gasteiger partial charge in [-0.2, -0.15) is 0 Å². The molecule has 0 radical (unpaired) electrons. The van der Waals surface area contributed by atoms with E-state index in [2.05, 4.69) is 0 Å². The van der Waals surface area contributed by atoms with Gasteiger partial charge in [0.1, 0.15) is 16.4 Å². The first-order chi connectivity index (χ1) is 10.3. The summed E-state index contributed by atoms with van der Waals surface area (Å²) in [5, 5.41) is 22.2. The van der Waals surface area contributed by atoms with Crippen molar-refractivity contribution in [2.75, 3.05) is 13.1 Å². The summed E-state index contributed by atoms with van der Waals surface area (Å²) in [5.41, 5.74) is -1.91. The van der Waals surface area contributed by atoms with Gasteiger partial charge in [-0.25, -0.2) is 0 Å². The lowest BCUT2D eigenvalue weighted by Crippen LogP contribution is -2.66. The zero-order valence-electron chi connectivity index (χ0n) is 12.5. The molecule has 0 spiro atoms. The SMILES string of the molecule is Cn1c(C(=O)N2CC[C@@]3(O)CCCC[C@@]3(O)C2)cc(Cl)c1Cl. The van der Waals surface area contributed by atoms with Crippen LogP contribution in [-0.4, -0.2) is 49.9 Å². The van der Waals surface area contributed by atoms with Gasteiger partial charge in [-0.3, -0.25) is 4.79 Å². The molecule has 2 fully saturated rings. The monoisotopic (exact) mass is 346 g/mol.